The third kappa shape index (κ3) is 5.41. The first-order valence-electron chi connectivity index (χ1n) is 8.06. The summed E-state index contributed by atoms with van der Waals surface area (Å²) in [5.74, 6) is -0.0586. The Balaban J connectivity index is 1.50. The van der Waals surface area contributed by atoms with Gasteiger partial charge in [0, 0.05) is 31.4 Å². The minimum Gasteiger partial charge on any atom is -0.378 e. The number of nitrogens with zero attached hydrogens (tertiary/aromatic N) is 3. The average Bonchev–Trinajstić information content (AvgIpc) is 3.09. The monoisotopic (exact) mass is 393 g/mol. The largest absolute Gasteiger partial charge is 0.378 e. The van der Waals surface area contributed by atoms with Crippen LogP contribution in [0.1, 0.15) is 6.92 Å². The Morgan fingerprint density at radius 2 is 1.96 bits per heavy atom. The zero-order valence-electron chi connectivity index (χ0n) is 14.2. The number of hydrogen-bond donors (Lipinski definition) is 2. The third-order valence-electron chi connectivity index (χ3n) is 3.47. The molecule has 1 aliphatic rings. The Bertz CT molecular complexity index is 777. The maximum atomic E-state index is 12.1. The van der Waals surface area contributed by atoms with E-state index in [1.54, 1.807) is 24.3 Å². The van der Waals surface area contributed by atoms with Crippen LogP contribution in [0.4, 0.5) is 16.5 Å². The number of benzene rings is 1. The van der Waals surface area contributed by atoms with Crippen LogP contribution in [0.2, 0.25) is 0 Å². The predicted molar refractivity (Wildman–Crippen MR) is 103 cm³/mol. The molecular weight excluding hydrogens is 374 g/mol. The van der Waals surface area contributed by atoms with Gasteiger partial charge in [-0.2, -0.15) is 0 Å². The smallest absolute Gasteiger partial charge is 0.234 e. The second-order valence-electron chi connectivity index (χ2n) is 5.55. The highest BCUT2D eigenvalue weighted by atomic mass is 32.2. The lowest BCUT2D eigenvalue weighted by Gasteiger charge is -2.25. The molecular formula is C16H19N5O3S2. The number of rotatable bonds is 6. The highest BCUT2D eigenvalue weighted by Crippen LogP contribution is 2.28. The van der Waals surface area contributed by atoms with Gasteiger partial charge in [-0.3, -0.25) is 9.59 Å². The number of carbonyl (C=O) groups is 2. The number of amides is 2. The Morgan fingerprint density at radius 1 is 1.23 bits per heavy atom. The van der Waals surface area contributed by atoms with Gasteiger partial charge < -0.3 is 20.3 Å². The van der Waals surface area contributed by atoms with Crippen LogP contribution >= 0.6 is 23.1 Å². The average molecular weight is 393 g/mol. The predicted octanol–water partition coefficient (Wildman–Crippen LogP) is 2.06. The van der Waals surface area contributed by atoms with Gasteiger partial charge in [0.25, 0.3) is 0 Å². The molecule has 2 aromatic rings. The number of morpholine rings is 1. The number of ether oxygens (including phenoxy) is 1. The number of aromatic nitrogens is 2. The van der Waals surface area contributed by atoms with Crippen LogP contribution < -0.4 is 15.5 Å². The maximum Gasteiger partial charge on any atom is 0.234 e. The van der Waals surface area contributed by atoms with E-state index in [-0.39, 0.29) is 17.6 Å². The van der Waals surface area contributed by atoms with E-state index in [0.717, 1.165) is 22.6 Å². The number of anilines is 3. The van der Waals surface area contributed by atoms with Crippen molar-refractivity contribution >= 4 is 51.4 Å². The molecule has 0 spiro atoms. The van der Waals surface area contributed by atoms with Crippen molar-refractivity contribution in [2.24, 2.45) is 0 Å². The van der Waals surface area contributed by atoms with Gasteiger partial charge in [-0.1, -0.05) is 29.2 Å². The fraction of sp³-hybridized carbons (Fsp3) is 0.375. The molecule has 1 aliphatic heterocycles. The van der Waals surface area contributed by atoms with E-state index in [1.165, 1.54) is 30.0 Å². The number of hydrogen-bond acceptors (Lipinski definition) is 8. The maximum absolute atomic E-state index is 12.1. The summed E-state index contributed by atoms with van der Waals surface area (Å²) in [6.45, 7) is 4.45. The zero-order valence-corrected chi connectivity index (χ0v) is 15.9. The molecule has 0 atom stereocenters. The lowest BCUT2D eigenvalue weighted by atomic mass is 10.2. The molecule has 1 fully saturated rings. The van der Waals surface area contributed by atoms with Crippen molar-refractivity contribution in [1.29, 1.82) is 0 Å². The van der Waals surface area contributed by atoms with Crippen LogP contribution in [0, 0.1) is 0 Å². The van der Waals surface area contributed by atoms with Crippen LogP contribution in [0.15, 0.2) is 28.6 Å². The van der Waals surface area contributed by atoms with Crippen molar-refractivity contribution in [2.75, 3.05) is 47.6 Å². The van der Waals surface area contributed by atoms with E-state index in [0.29, 0.717) is 24.6 Å². The highest BCUT2D eigenvalue weighted by Gasteiger charge is 2.16. The van der Waals surface area contributed by atoms with E-state index >= 15 is 0 Å². The second-order valence-corrected chi connectivity index (χ2v) is 7.73. The van der Waals surface area contributed by atoms with E-state index < -0.39 is 0 Å². The van der Waals surface area contributed by atoms with Gasteiger partial charge in [0.2, 0.25) is 16.9 Å². The Kier molecular flexibility index (Phi) is 6.42. The first-order valence-corrected chi connectivity index (χ1v) is 9.87. The van der Waals surface area contributed by atoms with Crippen molar-refractivity contribution in [2.45, 2.75) is 11.3 Å². The number of thioether (sulfide) groups is 1. The Labute approximate surface area is 159 Å². The molecule has 2 N–H and O–H groups in total. The molecule has 1 aromatic carbocycles. The molecule has 1 aromatic heterocycles. The molecule has 8 nitrogen and oxygen atoms in total. The lowest BCUT2D eigenvalue weighted by molar-refractivity contribution is -0.114. The standard InChI is InChI=1S/C16H19N5O3S2/c1-11(22)17-12-3-2-4-13(9-12)18-14(23)10-25-16-20-19-15(26-16)21-5-7-24-8-6-21/h2-4,9H,5-8,10H2,1H3,(H,17,22)(H,18,23). The van der Waals surface area contributed by atoms with E-state index in [2.05, 4.69) is 25.7 Å². The molecule has 1 saturated heterocycles. The normalized spacial score (nSPS) is 14.1. The molecule has 3 rings (SSSR count). The van der Waals surface area contributed by atoms with Crippen molar-refractivity contribution in [3.8, 4) is 0 Å². The lowest BCUT2D eigenvalue weighted by Crippen LogP contribution is -2.36. The van der Waals surface area contributed by atoms with Gasteiger partial charge in [-0.15, -0.1) is 10.2 Å². The summed E-state index contributed by atoms with van der Waals surface area (Å²) >= 11 is 2.83. The fourth-order valence-electron chi connectivity index (χ4n) is 2.35. The molecule has 138 valence electrons. The van der Waals surface area contributed by atoms with Crippen molar-refractivity contribution in [3.63, 3.8) is 0 Å². The first kappa shape index (κ1) is 18.6. The van der Waals surface area contributed by atoms with Crippen molar-refractivity contribution in [3.05, 3.63) is 24.3 Å². The third-order valence-corrected chi connectivity index (χ3v) is 5.59. The number of nitrogens with one attached hydrogen (secondary N) is 2. The molecule has 10 heteroatoms. The summed E-state index contributed by atoms with van der Waals surface area (Å²) < 4.78 is 6.08. The van der Waals surface area contributed by atoms with Gasteiger partial charge in [-0.05, 0) is 18.2 Å². The summed E-state index contributed by atoms with van der Waals surface area (Å²) in [4.78, 5) is 25.4. The summed E-state index contributed by atoms with van der Waals surface area (Å²) in [5.41, 5.74) is 1.27. The minimum absolute atomic E-state index is 0.141. The SMILES string of the molecule is CC(=O)Nc1cccc(NC(=O)CSc2nnc(N3CCOCC3)s2)c1. The van der Waals surface area contributed by atoms with Crippen LogP contribution in [-0.2, 0) is 14.3 Å². The summed E-state index contributed by atoms with van der Waals surface area (Å²) in [7, 11) is 0. The summed E-state index contributed by atoms with van der Waals surface area (Å²) in [6, 6.07) is 7.02. The highest BCUT2D eigenvalue weighted by molar-refractivity contribution is 8.01. The van der Waals surface area contributed by atoms with E-state index in [9.17, 15) is 9.59 Å². The van der Waals surface area contributed by atoms with Gasteiger partial charge in [0.1, 0.15) is 0 Å². The van der Waals surface area contributed by atoms with Gasteiger partial charge >= 0.3 is 0 Å². The molecule has 26 heavy (non-hydrogen) atoms. The van der Waals surface area contributed by atoms with Crippen LogP contribution in [0.25, 0.3) is 0 Å². The molecule has 0 bridgehead atoms. The first-order chi connectivity index (χ1) is 12.6. The van der Waals surface area contributed by atoms with E-state index in [4.69, 9.17) is 4.74 Å². The molecule has 0 unspecified atom stereocenters. The quantitative estimate of drug-likeness (QED) is 0.725. The topological polar surface area (TPSA) is 96.5 Å². The van der Waals surface area contributed by atoms with Crippen LogP contribution in [0.5, 0.6) is 0 Å². The fourth-order valence-corrected chi connectivity index (χ4v) is 4.04. The summed E-state index contributed by atoms with van der Waals surface area (Å²) in [5, 5.41) is 14.7. The Morgan fingerprint density at radius 3 is 2.69 bits per heavy atom. The van der Waals surface area contributed by atoms with Gasteiger partial charge in [-0.25, -0.2) is 0 Å². The zero-order chi connectivity index (χ0) is 18.4. The second kappa shape index (κ2) is 8.97. The molecule has 0 saturated carbocycles. The molecule has 2 amide bonds. The molecule has 0 radical (unpaired) electrons. The van der Waals surface area contributed by atoms with Crippen LogP contribution in [0.3, 0.4) is 0 Å². The summed E-state index contributed by atoms with van der Waals surface area (Å²) in [6.07, 6.45) is 0. The van der Waals surface area contributed by atoms with Crippen LogP contribution in [-0.4, -0.2) is 54.1 Å². The van der Waals surface area contributed by atoms with Crippen molar-refractivity contribution < 1.29 is 14.3 Å². The minimum atomic E-state index is -0.156. The Hall–Kier alpha value is -2.17. The van der Waals surface area contributed by atoms with Gasteiger partial charge in [0.05, 0.1) is 19.0 Å². The van der Waals surface area contributed by atoms with Gasteiger partial charge in [0.15, 0.2) is 4.34 Å². The van der Waals surface area contributed by atoms with E-state index in [1.807, 2.05) is 0 Å². The molecule has 2 heterocycles. The molecule has 0 aliphatic carbocycles. The van der Waals surface area contributed by atoms with Crippen molar-refractivity contribution in [1.82, 2.24) is 10.2 Å². The number of carbonyl (C=O) groups excluding carboxylic acids is 2.